The molecule has 2 aromatic heterocycles. The zero-order valence-electron chi connectivity index (χ0n) is 11.4. The molecule has 0 atom stereocenters. The average molecular weight is 257 g/mol. The molecule has 0 aliphatic carbocycles. The fourth-order valence-corrected chi connectivity index (χ4v) is 1.71. The van der Waals surface area contributed by atoms with E-state index in [0.717, 1.165) is 36.8 Å². The zero-order chi connectivity index (χ0) is 13.5. The fourth-order valence-electron chi connectivity index (χ4n) is 1.71. The second-order valence-electron chi connectivity index (χ2n) is 4.32. The highest BCUT2D eigenvalue weighted by Gasteiger charge is 2.05. The smallest absolute Gasteiger partial charge is 0.147 e. The van der Waals surface area contributed by atoms with Gasteiger partial charge in [0.1, 0.15) is 5.82 Å². The molecule has 19 heavy (non-hydrogen) atoms. The minimum Gasteiger partial charge on any atom is -0.353 e. The Morgan fingerprint density at radius 2 is 2.00 bits per heavy atom. The van der Waals surface area contributed by atoms with Crippen LogP contribution in [0.25, 0.3) is 0 Å². The van der Waals surface area contributed by atoms with Crippen molar-refractivity contribution in [3.63, 3.8) is 0 Å². The number of aromatic nitrogens is 3. The van der Waals surface area contributed by atoms with E-state index in [4.69, 9.17) is 0 Å². The Balaban J connectivity index is 1.97. The van der Waals surface area contributed by atoms with E-state index >= 15 is 0 Å². The summed E-state index contributed by atoms with van der Waals surface area (Å²) in [6.07, 6.45) is 5.41. The van der Waals surface area contributed by atoms with Crippen LogP contribution < -0.4 is 10.2 Å². The first kappa shape index (κ1) is 13.4. The van der Waals surface area contributed by atoms with E-state index in [1.54, 1.807) is 12.4 Å². The molecule has 0 aliphatic rings. The van der Waals surface area contributed by atoms with Crippen molar-refractivity contribution in [3.8, 4) is 0 Å². The van der Waals surface area contributed by atoms with Crippen LogP contribution in [-0.4, -0.2) is 28.5 Å². The van der Waals surface area contributed by atoms with Crippen LogP contribution in [0.15, 0.2) is 36.8 Å². The van der Waals surface area contributed by atoms with E-state index in [9.17, 15) is 0 Å². The Kier molecular flexibility index (Phi) is 4.80. The summed E-state index contributed by atoms with van der Waals surface area (Å²) in [6.45, 7) is 4.49. The summed E-state index contributed by atoms with van der Waals surface area (Å²) in [4.78, 5) is 15.2. The summed E-state index contributed by atoms with van der Waals surface area (Å²) in [5, 5.41) is 3.23. The highest BCUT2D eigenvalue weighted by atomic mass is 15.2. The van der Waals surface area contributed by atoms with Crippen molar-refractivity contribution >= 4 is 5.82 Å². The number of nitrogens with zero attached hydrogens (tertiary/aromatic N) is 4. The van der Waals surface area contributed by atoms with Crippen LogP contribution in [-0.2, 0) is 13.1 Å². The van der Waals surface area contributed by atoms with Gasteiger partial charge >= 0.3 is 0 Å². The predicted molar refractivity (Wildman–Crippen MR) is 75.8 cm³/mol. The summed E-state index contributed by atoms with van der Waals surface area (Å²) in [5.74, 6) is 0.853. The monoisotopic (exact) mass is 257 g/mol. The van der Waals surface area contributed by atoms with Gasteiger partial charge in [0, 0.05) is 19.8 Å². The molecule has 0 bridgehead atoms. The SMILES string of the molecule is CCNCc1cnc(N(C)Cc2ccccn2)cn1. The van der Waals surface area contributed by atoms with Crippen LogP contribution in [0.3, 0.4) is 0 Å². The van der Waals surface area contributed by atoms with Crippen LogP contribution in [0.5, 0.6) is 0 Å². The van der Waals surface area contributed by atoms with Crippen LogP contribution in [0.2, 0.25) is 0 Å². The maximum absolute atomic E-state index is 4.42. The second-order valence-corrected chi connectivity index (χ2v) is 4.32. The quantitative estimate of drug-likeness (QED) is 0.852. The lowest BCUT2D eigenvalue weighted by Gasteiger charge is -2.17. The van der Waals surface area contributed by atoms with E-state index < -0.39 is 0 Å². The summed E-state index contributed by atoms with van der Waals surface area (Å²) in [7, 11) is 1.99. The third kappa shape index (κ3) is 3.99. The molecular weight excluding hydrogens is 238 g/mol. The van der Waals surface area contributed by atoms with Gasteiger partial charge in [-0.3, -0.25) is 9.97 Å². The lowest BCUT2D eigenvalue weighted by Crippen LogP contribution is -2.19. The van der Waals surface area contributed by atoms with Gasteiger partial charge in [-0.2, -0.15) is 0 Å². The van der Waals surface area contributed by atoms with E-state index in [0.29, 0.717) is 0 Å². The van der Waals surface area contributed by atoms with Crippen LogP contribution in [0.4, 0.5) is 5.82 Å². The first-order valence-corrected chi connectivity index (χ1v) is 6.42. The highest BCUT2D eigenvalue weighted by Crippen LogP contribution is 2.10. The molecule has 100 valence electrons. The van der Waals surface area contributed by atoms with Crippen molar-refractivity contribution in [1.29, 1.82) is 0 Å². The molecule has 0 saturated heterocycles. The van der Waals surface area contributed by atoms with Crippen molar-refractivity contribution < 1.29 is 0 Å². The molecular formula is C14H19N5. The number of rotatable bonds is 6. The Morgan fingerprint density at radius 3 is 2.63 bits per heavy atom. The van der Waals surface area contributed by atoms with Crippen molar-refractivity contribution in [1.82, 2.24) is 20.3 Å². The molecule has 0 radical (unpaired) electrons. The topological polar surface area (TPSA) is 53.9 Å². The lowest BCUT2D eigenvalue weighted by molar-refractivity contribution is 0.705. The van der Waals surface area contributed by atoms with Gasteiger partial charge in [-0.05, 0) is 18.7 Å². The molecule has 1 N–H and O–H groups in total. The lowest BCUT2D eigenvalue weighted by atomic mass is 10.3. The molecule has 2 aromatic rings. The normalized spacial score (nSPS) is 10.4. The minimum absolute atomic E-state index is 0.724. The summed E-state index contributed by atoms with van der Waals surface area (Å²) >= 11 is 0. The number of nitrogens with one attached hydrogen (secondary N) is 1. The first-order chi connectivity index (χ1) is 9.29. The molecule has 2 rings (SSSR count). The molecule has 2 heterocycles. The second kappa shape index (κ2) is 6.80. The van der Waals surface area contributed by atoms with Gasteiger partial charge in [0.05, 0.1) is 30.3 Å². The molecule has 0 spiro atoms. The van der Waals surface area contributed by atoms with Gasteiger partial charge in [-0.1, -0.05) is 13.0 Å². The molecule has 0 saturated carbocycles. The molecule has 0 aromatic carbocycles. The van der Waals surface area contributed by atoms with Gasteiger partial charge in [-0.25, -0.2) is 4.98 Å². The minimum atomic E-state index is 0.724. The average Bonchev–Trinajstić information content (AvgIpc) is 2.46. The predicted octanol–water partition coefficient (Wildman–Crippen LogP) is 1.62. The zero-order valence-corrected chi connectivity index (χ0v) is 11.4. The summed E-state index contributed by atoms with van der Waals surface area (Å²) in [5.41, 5.74) is 1.97. The van der Waals surface area contributed by atoms with Gasteiger partial charge in [-0.15, -0.1) is 0 Å². The number of anilines is 1. The Hall–Kier alpha value is -2.01. The molecule has 0 unspecified atom stereocenters. The number of pyridine rings is 1. The standard InChI is InChI=1S/C14H19N5/c1-3-15-8-13-9-18-14(10-17-13)19(2)11-12-6-4-5-7-16-12/h4-7,9-10,15H,3,8,11H2,1-2H3. The van der Waals surface area contributed by atoms with E-state index in [-0.39, 0.29) is 0 Å². The largest absolute Gasteiger partial charge is 0.353 e. The van der Waals surface area contributed by atoms with Crippen molar-refractivity contribution in [3.05, 3.63) is 48.2 Å². The molecule has 5 nitrogen and oxygen atoms in total. The van der Waals surface area contributed by atoms with Gasteiger partial charge in [0.15, 0.2) is 0 Å². The molecule has 0 amide bonds. The van der Waals surface area contributed by atoms with Crippen LogP contribution in [0.1, 0.15) is 18.3 Å². The Bertz CT molecular complexity index is 483. The Morgan fingerprint density at radius 1 is 1.11 bits per heavy atom. The number of hydrogen-bond donors (Lipinski definition) is 1. The van der Waals surface area contributed by atoms with Crippen molar-refractivity contribution in [2.45, 2.75) is 20.0 Å². The van der Waals surface area contributed by atoms with Gasteiger partial charge in [0.2, 0.25) is 0 Å². The van der Waals surface area contributed by atoms with Crippen molar-refractivity contribution in [2.75, 3.05) is 18.5 Å². The maximum Gasteiger partial charge on any atom is 0.147 e. The highest BCUT2D eigenvalue weighted by molar-refractivity contribution is 5.35. The molecule has 0 aliphatic heterocycles. The molecule has 5 heteroatoms. The summed E-state index contributed by atoms with van der Waals surface area (Å²) < 4.78 is 0. The first-order valence-electron chi connectivity index (χ1n) is 6.42. The maximum atomic E-state index is 4.42. The third-order valence-corrected chi connectivity index (χ3v) is 2.76. The van der Waals surface area contributed by atoms with Crippen LogP contribution >= 0.6 is 0 Å². The number of hydrogen-bond acceptors (Lipinski definition) is 5. The fraction of sp³-hybridized carbons (Fsp3) is 0.357. The summed E-state index contributed by atoms with van der Waals surface area (Å²) in [6, 6.07) is 5.91. The van der Waals surface area contributed by atoms with E-state index in [2.05, 4.69) is 27.2 Å². The van der Waals surface area contributed by atoms with Gasteiger partial charge < -0.3 is 10.2 Å². The van der Waals surface area contributed by atoms with E-state index in [1.807, 2.05) is 36.3 Å². The van der Waals surface area contributed by atoms with Crippen molar-refractivity contribution in [2.24, 2.45) is 0 Å². The Labute approximate surface area is 113 Å². The van der Waals surface area contributed by atoms with E-state index in [1.165, 1.54) is 0 Å². The van der Waals surface area contributed by atoms with Crippen LogP contribution in [0, 0.1) is 0 Å². The third-order valence-electron chi connectivity index (χ3n) is 2.76. The van der Waals surface area contributed by atoms with Gasteiger partial charge in [0.25, 0.3) is 0 Å². The molecule has 0 fully saturated rings.